The zero-order chi connectivity index (χ0) is 8.39. The predicted molar refractivity (Wildman–Crippen MR) is 46.9 cm³/mol. The van der Waals surface area contributed by atoms with Gasteiger partial charge in [-0.15, -0.1) is 0 Å². The Morgan fingerprint density at radius 2 is 2.42 bits per heavy atom. The van der Waals surface area contributed by atoms with Crippen molar-refractivity contribution in [1.29, 1.82) is 0 Å². The number of hydrogen-bond donors (Lipinski definition) is 1. The van der Waals surface area contributed by atoms with Gasteiger partial charge in [0.2, 0.25) is 0 Å². The lowest BCUT2D eigenvalue weighted by Gasteiger charge is -2.18. The Balaban J connectivity index is 1.93. The average molecular weight is 168 g/mol. The molecule has 1 N–H and O–H groups in total. The summed E-state index contributed by atoms with van der Waals surface area (Å²) < 4.78 is 5.44. The topological polar surface area (TPSA) is 29.5 Å². The molecule has 0 aromatic carbocycles. The summed E-state index contributed by atoms with van der Waals surface area (Å²) in [6, 6.07) is 0. The van der Waals surface area contributed by atoms with E-state index in [1.54, 1.807) is 0 Å². The SMILES string of the molecule is OC(C1=CCCC1)C1CCCO1. The smallest absolute Gasteiger partial charge is 0.101 e. The molecule has 0 saturated carbocycles. The molecule has 1 fully saturated rings. The van der Waals surface area contributed by atoms with Crippen molar-refractivity contribution in [2.24, 2.45) is 0 Å². The lowest BCUT2D eigenvalue weighted by atomic mass is 10.0. The Morgan fingerprint density at radius 3 is 3.00 bits per heavy atom. The van der Waals surface area contributed by atoms with Gasteiger partial charge < -0.3 is 9.84 Å². The minimum atomic E-state index is -0.310. The number of aliphatic hydroxyl groups is 1. The van der Waals surface area contributed by atoms with Gasteiger partial charge in [-0.3, -0.25) is 0 Å². The molecule has 1 saturated heterocycles. The summed E-state index contributed by atoms with van der Waals surface area (Å²) in [5.74, 6) is 0. The summed E-state index contributed by atoms with van der Waals surface area (Å²) >= 11 is 0. The third kappa shape index (κ3) is 1.54. The first-order valence-corrected chi connectivity index (χ1v) is 4.86. The van der Waals surface area contributed by atoms with Crippen LogP contribution in [-0.2, 0) is 4.74 Å². The summed E-state index contributed by atoms with van der Waals surface area (Å²) in [6.45, 7) is 0.828. The zero-order valence-electron chi connectivity index (χ0n) is 7.33. The van der Waals surface area contributed by atoms with Gasteiger partial charge in [0.05, 0.1) is 6.10 Å². The molecule has 1 heterocycles. The molecule has 2 rings (SSSR count). The van der Waals surface area contributed by atoms with Crippen LogP contribution in [0.25, 0.3) is 0 Å². The van der Waals surface area contributed by atoms with E-state index in [2.05, 4.69) is 6.08 Å². The summed E-state index contributed by atoms with van der Waals surface area (Å²) in [5.41, 5.74) is 1.21. The maximum absolute atomic E-state index is 9.86. The van der Waals surface area contributed by atoms with Crippen LogP contribution < -0.4 is 0 Å². The van der Waals surface area contributed by atoms with Gasteiger partial charge in [0.25, 0.3) is 0 Å². The van der Waals surface area contributed by atoms with Crippen molar-refractivity contribution in [3.8, 4) is 0 Å². The number of hydrogen-bond acceptors (Lipinski definition) is 2. The summed E-state index contributed by atoms with van der Waals surface area (Å²) in [6.07, 6.45) is 7.50. The number of ether oxygens (including phenoxy) is 1. The molecule has 2 atom stereocenters. The van der Waals surface area contributed by atoms with E-state index in [1.165, 1.54) is 12.0 Å². The molecule has 1 aliphatic carbocycles. The highest BCUT2D eigenvalue weighted by Gasteiger charge is 2.27. The molecule has 12 heavy (non-hydrogen) atoms. The first-order valence-electron chi connectivity index (χ1n) is 4.86. The minimum absolute atomic E-state index is 0.0920. The quantitative estimate of drug-likeness (QED) is 0.635. The van der Waals surface area contributed by atoms with Gasteiger partial charge in [-0.1, -0.05) is 6.08 Å². The fourth-order valence-electron chi connectivity index (χ4n) is 2.05. The average Bonchev–Trinajstić information content (AvgIpc) is 2.77. The lowest BCUT2D eigenvalue weighted by molar-refractivity contribution is 0.0162. The maximum atomic E-state index is 9.86. The molecule has 0 aromatic heterocycles. The summed E-state index contributed by atoms with van der Waals surface area (Å²) in [7, 11) is 0. The molecule has 0 bridgehead atoms. The lowest BCUT2D eigenvalue weighted by Crippen LogP contribution is -2.26. The van der Waals surface area contributed by atoms with Gasteiger partial charge in [-0.25, -0.2) is 0 Å². The van der Waals surface area contributed by atoms with Crippen LogP contribution in [0.2, 0.25) is 0 Å². The molecule has 2 nitrogen and oxygen atoms in total. The first kappa shape index (κ1) is 8.27. The van der Waals surface area contributed by atoms with Crippen molar-refractivity contribution >= 4 is 0 Å². The van der Waals surface area contributed by atoms with E-state index < -0.39 is 0 Å². The second-order valence-corrected chi connectivity index (χ2v) is 3.67. The van der Waals surface area contributed by atoms with Crippen molar-refractivity contribution in [1.82, 2.24) is 0 Å². The Kier molecular flexibility index (Phi) is 2.47. The molecule has 0 aromatic rings. The molecule has 0 spiro atoms. The van der Waals surface area contributed by atoms with Crippen LogP contribution in [0.3, 0.4) is 0 Å². The number of allylic oxidation sites excluding steroid dienone is 1. The van der Waals surface area contributed by atoms with E-state index in [0.717, 1.165) is 32.3 Å². The zero-order valence-corrected chi connectivity index (χ0v) is 7.33. The van der Waals surface area contributed by atoms with Gasteiger partial charge in [-0.05, 0) is 37.7 Å². The third-order valence-electron chi connectivity index (χ3n) is 2.77. The molecule has 68 valence electrons. The van der Waals surface area contributed by atoms with Gasteiger partial charge in [0.1, 0.15) is 6.10 Å². The van der Waals surface area contributed by atoms with Gasteiger partial charge in [-0.2, -0.15) is 0 Å². The Morgan fingerprint density at radius 1 is 1.50 bits per heavy atom. The highest BCUT2D eigenvalue weighted by atomic mass is 16.5. The molecule has 2 heteroatoms. The Bertz CT molecular complexity index is 180. The second kappa shape index (κ2) is 3.58. The van der Waals surface area contributed by atoms with Crippen molar-refractivity contribution < 1.29 is 9.84 Å². The number of rotatable bonds is 2. The molecule has 1 aliphatic heterocycles. The second-order valence-electron chi connectivity index (χ2n) is 3.67. The first-order chi connectivity index (χ1) is 5.88. The Labute approximate surface area is 73.2 Å². The largest absolute Gasteiger partial charge is 0.386 e. The van der Waals surface area contributed by atoms with Crippen LogP contribution in [0.1, 0.15) is 32.1 Å². The Hall–Kier alpha value is -0.340. The van der Waals surface area contributed by atoms with Crippen LogP contribution in [0.4, 0.5) is 0 Å². The van der Waals surface area contributed by atoms with Gasteiger partial charge in [0, 0.05) is 6.61 Å². The van der Waals surface area contributed by atoms with Crippen LogP contribution in [0.5, 0.6) is 0 Å². The standard InChI is InChI=1S/C10H16O2/c11-10(8-4-1-2-5-8)9-6-3-7-12-9/h4,9-11H,1-3,5-7H2. The minimum Gasteiger partial charge on any atom is -0.386 e. The monoisotopic (exact) mass is 168 g/mol. The van der Waals surface area contributed by atoms with E-state index in [-0.39, 0.29) is 12.2 Å². The maximum Gasteiger partial charge on any atom is 0.101 e. The van der Waals surface area contributed by atoms with Crippen LogP contribution in [0.15, 0.2) is 11.6 Å². The normalized spacial score (nSPS) is 32.1. The highest BCUT2D eigenvalue weighted by molar-refractivity contribution is 5.14. The van der Waals surface area contributed by atoms with Crippen molar-refractivity contribution in [3.05, 3.63) is 11.6 Å². The van der Waals surface area contributed by atoms with Crippen molar-refractivity contribution in [2.75, 3.05) is 6.61 Å². The van der Waals surface area contributed by atoms with Crippen molar-refractivity contribution in [2.45, 2.75) is 44.3 Å². The van der Waals surface area contributed by atoms with Crippen LogP contribution >= 0.6 is 0 Å². The van der Waals surface area contributed by atoms with E-state index in [1.807, 2.05) is 0 Å². The van der Waals surface area contributed by atoms with Crippen LogP contribution in [-0.4, -0.2) is 23.9 Å². The van der Waals surface area contributed by atoms with Crippen LogP contribution in [0, 0.1) is 0 Å². The van der Waals surface area contributed by atoms with E-state index in [0.29, 0.717) is 0 Å². The molecule has 0 amide bonds. The molecule has 2 unspecified atom stereocenters. The third-order valence-corrected chi connectivity index (χ3v) is 2.77. The predicted octanol–water partition coefficient (Wildman–Crippen LogP) is 1.64. The molecular formula is C10H16O2. The van der Waals surface area contributed by atoms with E-state index in [9.17, 15) is 5.11 Å². The fourth-order valence-corrected chi connectivity index (χ4v) is 2.05. The summed E-state index contributed by atoms with van der Waals surface area (Å²) in [5, 5.41) is 9.86. The van der Waals surface area contributed by atoms with E-state index >= 15 is 0 Å². The summed E-state index contributed by atoms with van der Waals surface area (Å²) in [4.78, 5) is 0. The molecule has 0 radical (unpaired) electrons. The molecule has 2 aliphatic rings. The van der Waals surface area contributed by atoms with Gasteiger partial charge in [0.15, 0.2) is 0 Å². The number of aliphatic hydroxyl groups excluding tert-OH is 1. The van der Waals surface area contributed by atoms with E-state index in [4.69, 9.17) is 4.74 Å². The molecular weight excluding hydrogens is 152 g/mol. The highest BCUT2D eigenvalue weighted by Crippen LogP contribution is 2.27. The van der Waals surface area contributed by atoms with Crippen molar-refractivity contribution in [3.63, 3.8) is 0 Å². The van der Waals surface area contributed by atoms with Gasteiger partial charge >= 0.3 is 0 Å². The fraction of sp³-hybridized carbons (Fsp3) is 0.800.